The molecule has 92 valence electrons. The largest absolute Gasteiger partial charge is 0.389 e. The van der Waals surface area contributed by atoms with E-state index in [0.717, 1.165) is 37.5 Å². The van der Waals surface area contributed by atoms with Gasteiger partial charge in [-0.1, -0.05) is 50.5 Å². The minimum atomic E-state index is -0.555. The summed E-state index contributed by atoms with van der Waals surface area (Å²) in [5, 5.41) is 10.7. The van der Waals surface area contributed by atoms with E-state index < -0.39 is 5.60 Å². The molecule has 0 amide bonds. The lowest BCUT2D eigenvalue weighted by atomic mass is 9.74. The van der Waals surface area contributed by atoms with Gasteiger partial charge in [0, 0.05) is 11.5 Å². The Bertz CT molecular complexity index is 374. The topological polar surface area (TPSA) is 37.3 Å². The first kappa shape index (κ1) is 12.3. The summed E-state index contributed by atoms with van der Waals surface area (Å²) in [5.74, 6) is 0.142. The number of aliphatic hydroxyl groups is 1. The number of carbonyl (C=O) groups excluding carboxylic acids is 1. The number of hydrogen-bond acceptors (Lipinski definition) is 2. The molecule has 0 aromatic heterocycles. The molecule has 1 fully saturated rings. The van der Waals surface area contributed by atoms with Gasteiger partial charge < -0.3 is 5.11 Å². The Morgan fingerprint density at radius 2 is 1.76 bits per heavy atom. The maximum atomic E-state index is 10.7. The molecule has 0 bridgehead atoms. The van der Waals surface area contributed by atoms with Crippen LogP contribution in [0.3, 0.4) is 0 Å². The highest BCUT2D eigenvalue weighted by Crippen LogP contribution is 2.39. The molecule has 0 heterocycles. The van der Waals surface area contributed by atoms with Gasteiger partial charge in [0.2, 0.25) is 0 Å². The van der Waals surface area contributed by atoms with Crippen LogP contribution in [0.2, 0.25) is 0 Å². The van der Waals surface area contributed by atoms with E-state index in [4.69, 9.17) is 0 Å². The summed E-state index contributed by atoms with van der Waals surface area (Å²) < 4.78 is 0. The first-order chi connectivity index (χ1) is 8.15. The van der Waals surface area contributed by atoms with E-state index in [1.165, 1.54) is 6.42 Å². The van der Waals surface area contributed by atoms with Gasteiger partial charge in [-0.2, -0.15) is 0 Å². The van der Waals surface area contributed by atoms with Gasteiger partial charge in [-0.3, -0.25) is 4.79 Å². The molecule has 0 radical (unpaired) electrons. The Morgan fingerprint density at radius 3 is 2.29 bits per heavy atom. The zero-order valence-electron chi connectivity index (χ0n) is 10.4. The zero-order chi connectivity index (χ0) is 12.3. The van der Waals surface area contributed by atoms with Crippen LogP contribution in [0.1, 0.15) is 60.9 Å². The van der Waals surface area contributed by atoms with Gasteiger partial charge in [0.25, 0.3) is 0 Å². The molecule has 1 atom stereocenters. The maximum Gasteiger partial charge on any atom is 0.150 e. The molecule has 1 aliphatic rings. The summed E-state index contributed by atoms with van der Waals surface area (Å²) in [6.45, 7) is 2.08. The molecule has 0 aliphatic heterocycles. The summed E-state index contributed by atoms with van der Waals surface area (Å²) in [4.78, 5) is 10.6. The third kappa shape index (κ3) is 2.58. The van der Waals surface area contributed by atoms with Crippen LogP contribution in [0.15, 0.2) is 24.3 Å². The fourth-order valence-corrected chi connectivity index (χ4v) is 2.77. The third-order valence-electron chi connectivity index (χ3n) is 4.10. The van der Waals surface area contributed by atoms with Crippen molar-refractivity contribution in [3.05, 3.63) is 35.4 Å². The normalized spacial score (nSPS) is 20.8. The first-order valence-corrected chi connectivity index (χ1v) is 6.43. The average molecular weight is 232 g/mol. The fraction of sp³-hybridized carbons (Fsp3) is 0.533. The minimum absolute atomic E-state index is 0.142. The summed E-state index contributed by atoms with van der Waals surface area (Å²) in [6, 6.07) is 7.57. The number of aldehydes is 1. The van der Waals surface area contributed by atoms with Crippen molar-refractivity contribution in [2.75, 3.05) is 0 Å². The SMILES string of the molecule is C[C@@H](c1ccc(C=O)cc1)C1(O)CCCCC1. The molecule has 2 heteroatoms. The summed E-state index contributed by atoms with van der Waals surface area (Å²) in [6.07, 6.45) is 6.11. The van der Waals surface area contributed by atoms with Crippen molar-refractivity contribution in [1.82, 2.24) is 0 Å². The van der Waals surface area contributed by atoms with E-state index in [-0.39, 0.29) is 5.92 Å². The van der Waals surface area contributed by atoms with Gasteiger partial charge in [0.05, 0.1) is 5.60 Å². The van der Waals surface area contributed by atoms with Crippen LogP contribution in [0, 0.1) is 0 Å². The van der Waals surface area contributed by atoms with Crippen molar-refractivity contribution < 1.29 is 9.90 Å². The lowest BCUT2D eigenvalue weighted by Gasteiger charge is -2.37. The highest BCUT2D eigenvalue weighted by molar-refractivity contribution is 5.74. The van der Waals surface area contributed by atoms with Gasteiger partial charge in [-0.15, -0.1) is 0 Å². The monoisotopic (exact) mass is 232 g/mol. The second-order valence-electron chi connectivity index (χ2n) is 5.17. The molecule has 2 rings (SSSR count). The summed E-state index contributed by atoms with van der Waals surface area (Å²) in [7, 11) is 0. The van der Waals surface area contributed by atoms with E-state index >= 15 is 0 Å². The van der Waals surface area contributed by atoms with Crippen molar-refractivity contribution in [2.45, 2.75) is 50.5 Å². The van der Waals surface area contributed by atoms with Crippen molar-refractivity contribution in [1.29, 1.82) is 0 Å². The Kier molecular flexibility index (Phi) is 3.63. The molecule has 1 aliphatic carbocycles. The highest BCUT2D eigenvalue weighted by Gasteiger charge is 2.35. The molecule has 0 unspecified atom stereocenters. The molecule has 1 aromatic carbocycles. The lowest BCUT2D eigenvalue weighted by molar-refractivity contribution is -0.0168. The molecule has 17 heavy (non-hydrogen) atoms. The lowest BCUT2D eigenvalue weighted by Crippen LogP contribution is -2.37. The molecule has 1 aromatic rings. The molecular weight excluding hydrogens is 212 g/mol. The molecule has 0 saturated heterocycles. The Labute approximate surface area is 103 Å². The predicted octanol–water partition coefficient (Wildman–Crippen LogP) is 3.30. The molecule has 2 nitrogen and oxygen atoms in total. The number of hydrogen-bond donors (Lipinski definition) is 1. The molecule has 0 spiro atoms. The van der Waals surface area contributed by atoms with E-state index in [9.17, 15) is 9.90 Å². The van der Waals surface area contributed by atoms with E-state index in [1.807, 2.05) is 24.3 Å². The van der Waals surface area contributed by atoms with Crippen molar-refractivity contribution in [3.8, 4) is 0 Å². The Hall–Kier alpha value is -1.15. The van der Waals surface area contributed by atoms with Crippen molar-refractivity contribution >= 4 is 6.29 Å². The molecule has 1 N–H and O–H groups in total. The van der Waals surface area contributed by atoms with Crippen LogP contribution >= 0.6 is 0 Å². The smallest absolute Gasteiger partial charge is 0.150 e. The standard InChI is InChI=1S/C15H20O2/c1-12(15(17)9-3-2-4-10-15)14-7-5-13(11-16)6-8-14/h5-8,11-12,17H,2-4,9-10H2,1H3/t12-/m0/s1. The van der Waals surface area contributed by atoms with Crippen LogP contribution in [-0.4, -0.2) is 17.0 Å². The maximum absolute atomic E-state index is 10.7. The van der Waals surface area contributed by atoms with E-state index in [1.54, 1.807) is 0 Å². The first-order valence-electron chi connectivity index (χ1n) is 6.43. The fourth-order valence-electron chi connectivity index (χ4n) is 2.77. The van der Waals surface area contributed by atoms with Crippen LogP contribution in [0.5, 0.6) is 0 Å². The Morgan fingerprint density at radius 1 is 1.18 bits per heavy atom. The quantitative estimate of drug-likeness (QED) is 0.812. The average Bonchev–Trinajstić information content (AvgIpc) is 2.39. The van der Waals surface area contributed by atoms with E-state index in [0.29, 0.717) is 5.56 Å². The number of carbonyl (C=O) groups is 1. The van der Waals surface area contributed by atoms with Crippen LogP contribution < -0.4 is 0 Å². The van der Waals surface area contributed by atoms with Crippen molar-refractivity contribution in [2.24, 2.45) is 0 Å². The second kappa shape index (κ2) is 5.01. The number of rotatable bonds is 3. The van der Waals surface area contributed by atoms with Crippen molar-refractivity contribution in [3.63, 3.8) is 0 Å². The Balaban J connectivity index is 2.17. The zero-order valence-corrected chi connectivity index (χ0v) is 10.4. The van der Waals surface area contributed by atoms with Gasteiger partial charge in [0.1, 0.15) is 6.29 Å². The van der Waals surface area contributed by atoms with Gasteiger partial charge in [-0.05, 0) is 18.4 Å². The summed E-state index contributed by atoms with van der Waals surface area (Å²) >= 11 is 0. The second-order valence-corrected chi connectivity index (χ2v) is 5.17. The molecular formula is C15H20O2. The number of benzene rings is 1. The van der Waals surface area contributed by atoms with Crippen LogP contribution in [0.4, 0.5) is 0 Å². The van der Waals surface area contributed by atoms with E-state index in [2.05, 4.69) is 6.92 Å². The minimum Gasteiger partial charge on any atom is -0.389 e. The van der Waals surface area contributed by atoms with Gasteiger partial charge >= 0.3 is 0 Å². The van der Waals surface area contributed by atoms with Gasteiger partial charge in [0.15, 0.2) is 0 Å². The van der Waals surface area contributed by atoms with Crippen LogP contribution in [0.25, 0.3) is 0 Å². The summed E-state index contributed by atoms with van der Waals surface area (Å²) in [5.41, 5.74) is 1.26. The molecule has 1 saturated carbocycles. The predicted molar refractivity (Wildman–Crippen MR) is 68.3 cm³/mol. The third-order valence-corrected chi connectivity index (χ3v) is 4.10. The van der Waals surface area contributed by atoms with Crippen LogP contribution in [-0.2, 0) is 0 Å². The highest BCUT2D eigenvalue weighted by atomic mass is 16.3. The van der Waals surface area contributed by atoms with Gasteiger partial charge in [-0.25, -0.2) is 0 Å².